The molecule has 0 aliphatic rings. The number of fused-ring (bicyclic) bond motifs is 1. The summed E-state index contributed by atoms with van der Waals surface area (Å²) in [6.07, 6.45) is 0.319. The molecule has 1 atom stereocenters. The monoisotopic (exact) mass is 358 g/mol. The number of methoxy groups -OCH3 is 1. The third-order valence-electron chi connectivity index (χ3n) is 4.32. The molecule has 0 aromatic heterocycles. The van der Waals surface area contributed by atoms with E-state index >= 15 is 0 Å². The number of carbonyl (C=O) groups excluding carboxylic acids is 2. The number of hydrogen-bond donors (Lipinski definition) is 1. The van der Waals surface area contributed by atoms with Crippen molar-refractivity contribution in [3.05, 3.63) is 83.4 Å². The van der Waals surface area contributed by atoms with Gasteiger partial charge in [0.05, 0.1) is 18.7 Å². The van der Waals surface area contributed by atoms with E-state index in [0.29, 0.717) is 17.5 Å². The molecule has 0 unspecified atom stereocenters. The van der Waals surface area contributed by atoms with Gasteiger partial charge in [0, 0.05) is 12.0 Å². The highest BCUT2D eigenvalue weighted by atomic mass is 16.5. The fourth-order valence-corrected chi connectivity index (χ4v) is 2.87. The van der Waals surface area contributed by atoms with Gasteiger partial charge in [-0.1, -0.05) is 42.5 Å². The molecule has 3 aromatic carbocycles. The number of hydrogen-bond acceptors (Lipinski definition) is 4. The van der Waals surface area contributed by atoms with E-state index in [9.17, 15) is 9.59 Å². The van der Waals surface area contributed by atoms with Crippen molar-refractivity contribution < 1.29 is 14.3 Å². The normalized spacial score (nSPS) is 11.4. The SMILES string of the molecule is COC(=O)[C@H](Cc1ccc2ccccc2c1)NC(=O)c1ccc(C#N)cc1. The first-order valence-electron chi connectivity index (χ1n) is 8.47. The van der Waals surface area contributed by atoms with Gasteiger partial charge in [-0.2, -0.15) is 5.26 Å². The largest absolute Gasteiger partial charge is 0.467 e. The molecule has 5 nitrogen and oxygen atoms in total. The lowest BCUT2D eigenvalue weighted by Crippen LogP contribution is -2.43. The molecule has 0 saturated carbocycles. The molecular formula is C22H18N2O3. The van der Waals surface area contributed by atoms with Crippen molar-refractivity contribution in [2.45, 2.75) is 12.5 Å². The summed E-state index contributed by atoms with van der Waals surface area (Å²) in [5.74, 6) is -0.902. The van der Waals surface area contributed by atoms with Gasteiger partial charge >= 0.3 is 5.97 Å². The van der Waals surface area contributed by atoms with Crippen molar-refractivity contribution >= 4 is 22.6 Å². The van der Waals surface area contributed by atoms with Gasteiger partial charge in [-0.3, -0.25) is 4.79 Å². The topological polar surface area (TPSA) is 79.2 Å². The molecule has 3 rings (SSSR count). The summed E-state index contributed by atoms with van der Waals surface area (Å²) in [4.78, 5) is 24.6. The zero-order chi connectivity index (χ0) is 19.2. The molecule has 0 bridgehead atoms. The third-order valence-corrected chi connectivity index (χ3v) is 4.32. The average molecular weight is 358 g/mol. The fourth-order valence-electron chi connectivity index (χ4n) is 2.87. The average Bonchev–Trinajstić information content (AvgIpc) is 2.72. The van der Waals surface area contributed by atoms with Crippen LogP contribution in [-0.4, -0.2) is 25.0 Å². The first-order valence-corrected chi connectivity index (χ1v) is 8.47. The fraction of sp³-hybridized carbons (Fsp3) is 0.136. The molecule has 0 aliphatic heterocycles. The summed E-state index contributed by atoms with van der Waals surface area (Å²) >= 11 is 0. The molecule has 3 aromatic rings. The summed E-state index contributed by atoms with van der Waals surface area (Å²) < 4.78 is 4.85. The molecule has 134 valence electrons. The predicted molar refractivity (Wildman–Crippen MR) is 102 cm³/mol. The number of ether oxygens (including phenoxy) is 1. The van der Waals surface area contributed by atoms with Crippen LogP contribution in [0.4, 0.5) is 0 Å². The lowest BCUT2D eigenvalue weighted by atomic mass is 10.0. The molecule has 1 N–H and O–H groups in total. The Labute approximate surface area is 157 Å². The molecule has 27 heavy (non-hydrogen) atoms. The Hall–Kier alpha value is -3.65. The second kappa shape index (κ2) is 8.15. The number of nitrogens with zero attached hydrogens (tertiary/aromatic N) is 1. The van der Waals surface area contributed by atoms with Gasteiger partial charge in [0.2, 0.25) is 0 Å². The second-order valence-corrected chi connectivity index (χ2v) is 6.12. The predicted octanol–water partition coefficient (Wildman–Crippen LogP) is 3.23. The van der Waals surface area contributed by atoms with Crippen LogP contribution >= 0.6 is 0 Å². The van der Waals surface area contributed by atoms with E-state index in [4.69, 9.17) is 10.00 Å². The van der Waals surface area contributed by atoms with Gasteiger partial charge in [0.15, 0.2) is 0 Å². The summed E-state index contributed by atoms with van der Waals surface area (Å²) in [5.41, 5.74) is 1.76. The third kappa shape index (κ3) is 4.31. The lowest BCUT2D eigenvalue weighted by Gasteiger charge is -2.17. The number of benzene rings is 3. The molecule has 5 heteroatoms. The number of nitriles is 1. The highest BCUT2D eigenvalue weighted by Crippen LogP contribution is 2.17. The number of nitrogens with one attached hydrogen (secondary N) is 1. The zero-order valence-electron chi connectivity index (χ0n) is 14.8. The van der Waals surface area contributed by atoms with Gasteiger partial charge in [-0.05, 0) is 40.6 Å². The lowest BCUT2D eigenvalue weighted by molar-refractivity contribution is -0.142. The van der Waals surface area contributed by atoms with Crippen LogP contribution in [0, 0.1) is 11.3 Å². The van der Waals surface area contributed by atoms with E-state index in [-0.39, 0.29) is 0 Å². The van der Waals surface area contributed by atoms with Crippen molar-refractivity contribution in [3.8, 4) is 6.07 Å². The first kappa shape index (κ1) is 18.2. The van der Waals surface area contributed by atoms with Crippen molar-refractivity contribution in [2.75, 3.05) is 7.11 Å². The van der Waals surface area contributed by atoms with Crippen LogP contribution in [0.3, 0.4) is 0 Å². The molecule has 0 fully saturated rings. The van der Waals surface area contributed by atoms with E-state index in [1.807, 2.05) is 48.5 Å². The van der Waals surface area contributed by atoms with Gasteiger partial charge in [-0.15, -0.1) is 0 Å². The Balaban J connectivity index is 1.79. The summed E-state index contributed by atoms with van der Waals surface area (Å²) in [5, 5.41) is 13.7. The Morgan fingerprint density at radius 1 is 1.04 bits per heavy atom. The Morgan fingerprint density at radius 3 is 2.41 bits per heavy atom. The number of carbonyl (C=O) groups is 2. The summed E-state index contributed by atoms with van der Waals surface area (Å²) in [6, 6.07) is 21.3. The highest BCUT2D eigenvalue weighted by molar-refractivity contribution is 5.97. The molecular weight excluding hydrogens is 340 g/mol. The Morgan fingerprint density at radius 2 is 1.74 bits per heavy atom. The minimum absolute atomic E-state index is 0.319. The zero-order valence-corrected chi connectivity index (χ0v) is 14.8. The van der Waals surface area contributed by atoms with E-state index < -0.39 is 17.9 Å². The van der Waals surface area contributed by atoms with Crippen LogP contribution in [0.25, 0.3) is 10.8 Å². The van der Waals surface area contributed by atoms with Gasteiger partial charge < -0.3 is 10.1 Å². The quantitative estimate of drug-likeness (QED) is 0.710. The van der Waals surface area contributed by atoms with E-state index in [0.717, 1.165) is 16.3 Å². The molecule has 0 saturated heterocycles. The van der Waals surface area contributed by atoms with Gasteiger partial charge in [0.25, 0.3) is 5.91 Å². The van der Waals surface area contributed by atoms with Gasteiger partial charge in [-0.25, -0.2) is 4.79 Å². The van der Waals surface area contributed by atoms with Crippen LogP contribution in [0.1, 0.15) is 21.5 Å². The molecule has 0 heterocycles. The summed E-state index contributed by atoms with van der Waals surface area (Å²) in [7, 11) is 1.30. The minimum Gasteiger partial charge on any atom is -0.467 e. The van der Waals surface area contributed by atoms with Crippen LogP contribution in [0.5, 0.6) is 0 Å². The van der Waals surface area contributed by atoms with Crippen molar-refractivity contribution in [2.24, 2.45) is 0 Å². The summed E-state index contributed by atoms with van der Waals surface area (Å²) in [6.45, 7) is 0. The minimum atomic E-state index is -0.806. The van der Waals surface area contributed by atoms with Crippen LogP contribution in [0.15, 0.2) is 66.7 Å². The van der Waals surface area contributed by atoms with E-state index in [2.05, 4.69) is 5.32 Å². The van der Waals surface area contributed by atoms with E-state index in [1.165, 1.54) is 7.11 Å². The van der Waals surface area contributed by atoms with Crippen LogP contribution in [0.2, 0.25) is 0 Å². The molecule has 1 amide bonds. The van der Waals surface area contributed by atoms with Crippen molar-refractivity contribution in [3.63, 3.8) is 0 Å². The van der Waals surface area contributed by atoms with Crippen LogP contribution < -0.4 is 5.32 Å². The Bertz CT molecular complexity index is 1020. The highest BCUT2D eigenvalue weighted by Gasteiger charge is 2.22. The number of esters is 1. The molecule has 0 aliphatic carbocycles. The van der Waals surface area contributed by atoms with Crippen molar-refractivity contribution in [1.29, 1.82) is 5.26 Å². The smallest absolute Gasteiger partial charge is 0.328 e. The number of amides is 1. The van der Waals surface area contributed by atoms with Crippen molar-refractivity contribution in [1.82, 2.24) is 5.32 Å². The molecule has 0 radical (unpaired) electrons. The van der Waals surface area contributed by atoms with E-state index in [1.54, 1.807) is 24.3 Å². The standard InChI is InChI=1S/C22H18N2O3/c1-27-22(26)20(24-21(25)18-10-6-15(14-23)7-11-18)13-16-8-9-17-4-2-3-5-19(17)12-16/h2-12,20H,13H2,1H3,(H,24,25)/t20-/m0/s1. The maximum atomic E-state index is 12.5. The van der Waals surface area contributed by atoms with Crippen LogP contribution in [-0.2, 0) is 16.0 Å². The maximum Gasteiger partial charge on any atom is 0.328 e. The van der Waals surface area contributed by atoms with Gasteiger partial charge in [0.1, 0.15) is 6.04 Å². The maximum absolute atomic E-state index is 12.5. The molecule has 0 spiro atoms. The first-order chi connectivity index (χ1) is 13.1. The number of rotatable bonds is 5. The second-order valence-electron chi connectivity index (χ2n) is 6.12. The Kier molecular flexibility index (Phi) is 5.48.